The molecule has 29 heavy (non-hydrogen) atoms. The van der Waals surface area contributed by atoms with E-state index in [-0.39, 0.29) is 17.2 Å². The fourth-order valence-electron chi connectivity index (χ4n) is 2.93. The number of carboxylic acid groups (broad SMARTS) is 1. The fraction of sp³-hybridized carbons (Fsp3) is 0.250. The minimum atomic E-state index is -0.998. The molecule has 4 rings (SSSR count). The maximum Gasteiger partial charge on any atom is 0.335 e. The van der Waals surface area contributed by atoms with Crippen LogP contribution in [-0.4, -0.2) is 42.9 Å². The third-order valence-electron chi connectivity index (χ3n) is 4.62. The maximum atomic E-state index is 12.2. The van der Waals surface area contributed by atoms with Gasteiger partial charge in [0.15, 0.2) is 0 Å². The van der Waals surface area contributed by atoms with Gasteiger partial charge in [-0.1, -0.05) is 36.0 Å². The molecule has 0 saturated heterocycles. The van der Waals surface area contributed by atoms with Crippen LogP contribution < -0.4 is 5.32 Å². The molecular formula is C20H19N5O3S. The zero-order valence-corrected chi connectivity index (χ0v) is 16.3. The van der Waals surface area contributed by atoms with Crippen molar-refractivity contribution in [1.82, 2.24) is 25.5 Å². The standard InChI is InChI=1S/C20H19N5O3S/c26-18(21-11-13-2-1-3-16(10-13)14-4-5-14)12-29-20-22-23-24-25(20)17-8-6-15(7-9-17)19(27)28/h1-3,6-10,14H,4-5,11-12H2,(H,21,26)(H,27,28). The first-order valence-electron chi connectivity index (χ1n) is 9.20. The van der Waals surface area contributed by atoms with E-state index in [1.165, 1.54) is 47.0 Å². The molecular weight excluding hydrogens is 390 g/mol. The first-order chi connectivity index (χ1) is 14.1. The van der Waals surface area contributed by atoms with Crippen molar-refractivity contribution < 1.29 is 14.7 Å². The Bertz CT molecular complexity index is 1030. The van der Waals surface area contributed by atoms with Crippen LogP contribution in [0.3, 0.4) is 0 Å². The van der Waals surface area contributed by atoms with Gasteiger partial charge in [0.25, 0.3) is 0 Å². The minimum Gasteiger partial charge on any atom is -0.478 e. The van der Waals surface area contributed by atoms with Gasteiger partial charge in [0.2, 0.25) is 11.1 Å². The predicted molar refractivity (Wildman–Crippen MR) is 107 cm³/mol. The van der Waals surface area contributed by atoms with Gasteiger partial charge in [-0.2, -0.15) is 4.68 Å². The Hall–Kier alpha value is -3.20. The number of benzene rings is 2. The molecule has 0 unspecified atom stereocenters. The number of carbonyl (C=O) groups excluding carboxylic acids is 1. The summed E-state index contributed by atoms with van der Waals surface area (Å²) in [6.07, 6.45) is 2.50. The van der Waals surface area contributed by atoms with Crippen LogP contribution in [-0.2, 0) is 11.3 Å². The molecule has 0 atom stereocenters. The van der Waals surface area contributed by atoms with Crippen LogP contribution in [0.25, 0.3) is 5.69 Å². The molecule has 9 heteroatoms. The number of amides is 1. The lowest BCUT2D eigenvalue weighted by atomic mass is 10.1. The Morgan fingerprint density at radius 3 is 2.69 bits per heavy atom. The van der Waals surface area contributed by atoms with Gasteiger partial charge in [0.05, 0.1) is 17.0 Å². The summed E-state index contributed by atoms with van der Waals surface area (Å²) in [5, 5.41) is 23.9. The lowest BCUT2D eigenvalue weighted by molar-refractivity contribution is -0.118. The van der Waals surface area contributed by atoms with Crippen molar-refractivity contribution in [3.63, 3.8) is 0 Å². The number of aromatic carboxylic acids is 1. The molecule has 0 radical (unpaired) electrons. The number of hydrogen-bond acceptors (Lipinski definition) is 6. The van der Waals surface area contributed by atoms with Crippen molar-refractivity contribution in [2.45, 2.75) is 30.5 Å². The smallest absolute Gasteiger partial charge is 0.335 e. The zero-order chi connectivity index (χ0) is 20.2. The number of thioether (sulfide) groups is 1. The summed E-state index contributed by atoms with van der Waals surface area (Å²) in [6.45, 7) is 0.488. The molecule has 1 fully saturated rings. The van der Waals surface area contributed by atoms with Crippen LogP contribution in [0, 0.1) is 0 Å². The van der Waals surface area contributed by atoms with E-state index in [2.05, 4.69) is 33.0 Å². The van der Waals surface area contributed by atoms with E-state index in [1.807, 2.05) is 12.1 Å². The van der Waals surface area contributed by atoms with Gasteiger partial charge in [-0.25, -0.2) is 4.79 Å². The summed E-state index contributed by atoms with van der Waals surface area (Å²) in [7, 11) is 0. The largest absolute Gasteiger partial charge is 0.478 e. The van der Waals surface area contributed by atoms with Gasteiger partial charge >= 0.3 is 5.97 Å². The van der Waals surface area contributed by atoms with Crippen LogP contribution >= 0.6 is 11.8 Å². The lowest BCUT2D eigenvalue weighted by Gasteiger charge is -2.07. The fourth-order valence-corrected chi connectivity index (χ4v) is 3.65. The first-order valence-corrected chi connectivity index (χ1v) is 10.2. The summed E-state index contributed by atoms with van der Waals surface area (Å²) >= 11 is 1.22. The van der Waals surface area contributed by atoms with E-state index in [9.17, 15) is 9.59 Å². The molecule has 3 aromatic rings. The average molecular weight is 409 g/mol. The van der Waals surface area contributed by atoms with Crippen molar-refractivity contribution >= 4 is 23.6 Å². The predicted octanol–water partition coefficient (Wildman–Crippen LogP) is 2.65. The first kappa shape index (κ1) is 19.1. The van der Waals surface area contributed by atoms with Crippen LogP contribution in [0.4, 0.5) is 0 Å². The number of hydrogen-bond donors (Lipinski definition) is 2. The molecule has 2 aromatic carbocycles. The SMILES string of the molecule is O=C(CSc1nnnn1-c1ccc(C(=O)O)cc1)NCc1cccc(C2CC2)c1. The Morgan fingerprint density at radius 1 is 1.17 bits per heavy atom. The topological polar surface area (TPSA) is 110 Å². The van der Waals surface area contributed by atoms with Crippen molar-refractivity contribution in [2.75, 3.05) is 5.75 Å². The summed E-state index contributed by atoms with van der Waals surface area (Å²) in [6, 6.07) is 14.6. The molecule has 0 aliphatic heterocycles. The van der Waals surface area contributed by atoms with Gasteiger partial charge < -0.3 is 10.4 Å². The summed E-state index contributed by atoms with van der Waals surface area (Å²) in [4.78, 5) is 23.2. The Morgan fingerprint density at radius 2 is 1.97 bits per heavy atom. The highest BCUT2D eigenvalue weighted by Crippen LogP contribution is 2.40. The van der Waals surface area contributed by atoms with E-state index in [0.29, 0.717) is 23.3 Å². The van der Waals surface area contributed by atoms with E-state index in [1.54, 1.807) is 12.1 Å². The second-order valence-electron chi connectivity index (χ2n) is 6.81. The Balaban J connectivity index is 1.32. The van der Waals surface area contributed by atoms with Crippen LogP contribution in [0.5, 0.6) is 0 Å². The molecule has 2 N–H and O–H groups in total. The molecule has 1 saturated carbocycles. The van der Waals surface area contributed by atoms with E-state index in [0.717, 1.165) is 5.56 Å². The highest BCUT2D eigenvalue weighted by molar-refractivity contribution is 7.99. The molecule has 1 aliphatic rings. The number of carboxylic acids is 1. The Labute approximate surface area is 171 Å². The molecule has 1 amide bonds. The van der Waals surface area contributed by atoms with Gasteiger partial charge in [0.1, 0.15) is 0 Å². The van der Waals surface area contributed by atoms with Gasteiger partial charge in [0, 0.05) is 6.54 Å². The number of nitrogens with one attached hydrogen (secondary N) is 1. The van der Waals surface area contributed by atoms with E-state index in [4.69, 9.17) is 5.11 Å². The van der Waals surface area contributed by atoms with Crippen molar-refractivity contribution in [2.24, 2.45) is 0 Å². The summed E-state index contributed by atoms with van der Waals surface area (Å²) in [5.74, 6) is -0.245. The molecule has 1 aliphatic carbocycles. The highest BCUT2D eigenvalue weighted by Gasteiger charge is 2.23. The maximum absolute atomic E-state index is 12.2. The number of aromatic nitrogens is 4. The highest BCUT2D eigenvalue weighted by atomic mass is 32.2. The number of tetrazole rings is 1. The van der Waals surface area contributed by atoms with E-state index < -0.39 is 5.97 Å². The van der Waals surface area contributed by atoms with Crippen LogP contribution in [0.1, 0.15) is 40.2 Å². The number of rotatable bonds is 8. The van der Waals surface area contributed by atoms with Crippen LogP contribution in [0.2, 0.25) is 0 Å². The zero-order valence-electron chi connectivity index (χ0n) is 15.5. The monoisotopic (exact) mass is 409 g/mol. The second-order valence-corrected chi connectivity index (χ2v) is 7.75. The molecule has 0 bridgehead atoms. The Kier molecular flexibility index (Phi) is 5.57. The van der Waals surface area contributed by atoms with Gasteiger partial charge in [-0.3, -0.25) is 4.79 Å². The quantitative estimate of drug-likeness (QED) is 0.550. The van der Waals surface area contributed by atoms with Crippen molar-refractivity contribution in [3.8, 4) is 5.69 Å². The average Bonchev–Trinajstić information content (AvgIpc) is 3.49. The normalized spacial score (nSPS) is 13.2. The number of nitrogens with zero attached hydrogens (tertiary/aromatic N) is 4. The number of carbonyl (C=O) groups is 2. The molecule has 148 valence electrons. The van der Waals surface area contributed by atoms with E-state index >= 15 is 0 Å². The molecule has 1 aromatic heterocycles. The van der Waals surface area contributed by atoms with Gasteiger partial charge in [-0.05, 0) is 64.6 Å². The molecule has 1 heterocycles. The summed E-state index contributed by atoms with van der Waals surface area (Å²) < 4.78 is 1.47. The minimum absolute atomic E-state index is 0.109. The lowest BCUT2D eigenvalue weighted by Crippen LogP contribution is -2.24. The third-order valence-corrected chi connectivity index (χ3v) is 5.54. The summed E-state index contributed by atoms with van der Waals surface area (Å²) in [5.41, 5.74) is 3.25. The molecule has 8 nitrogen and oxygen atoms in total. The van der Waals surface area contributed by atoms with Crippen molar-refractivity contribution in [3.05, 3.63) is 65.2 Å². The van der Waals surface area contributed by atoms with Crippen LogP contribution in [0.15, 0.2) is 53.7 Å². The molecule has 0 spiro atoms. The van der Waals surface area contributed by atoms with Crippen molar-refractivity contribution in [1.29, 1.82) is 0 Å². The van der Waals surface area contributed by atoms with Gasteiger partial charge in [-0.15, -0.1) is 5.10 Å². The third kappa shape index (κ3) is 4.80. The second kappa shape index (κ2) is 8.44.